The molecule has 0 spiro atoms. The molecule has 10 heteroatoms. The number of carbonyl (C=O) groups excluding carboxylic acids is 1. The van der Waals surface area contributed by atoms with Gasteiger partial charge in [0.15, 0.2) is 17.0 Å². The molecule has 1 atom stereocenters. The Labute approximate surface area is 195 Å². The molecule has 2 aromatic heterocycles. The zero-order valence-corrected chi connectivity index (χ0v) is 19.0. The zero-order valence-electron chi connectivity index (χ0n) is 19.0. The lowest BCUT2D eigenvalue weighted by atomic mass is 10.1. The second kappa shape index (κ2) is 8.86. The molecule has 9 nitrogen and oxygen atoms in total. The maximum absolute atomic E-state index is 15.4. The maximum atomic E-state index is 15.4. The number of ether oxygens (including phenoxy) is 1. The first-order valence-electron chi connectivity index (χ1n) is 11.1. The van der Waals surface area contributed by atoms with Crippen molar-refractivity contribution in [3.63, 3.8) is 0 Å². The summed E-state index contributed by atoms with van der Waals surface area (Å²) < 4.78 is 23.3. The van der Waals surface area contributed by atoms with Crippen LogP contribution in [0.15, 0.2) is 46.7 Å². The number of aromatic nitrogens is 2. The van der Waals surface area contributed by atoms with E-state index in [9.17, 15) is 9.59 Å². The number of likely N-dealkylation sites (N-methyl/N-ethyl adjacent to an activating group) is 1. The van der Waals surface area contributed by atoms with Gasteiger partial charge < -0.3 is 19.1 Å². The monoisotopic (exact) mass is 464 g/mol. The number of piperazine rings is 1. The molecule has 1 aromatic carbocycles. The molecule has 0 radical (unpaired) electrons. The van der Waals surface area contributed by atoms with Crippen molar-refractivity contribution >= 4 is 28.7 Å². The SMILES string of the molecule is CC1COc2c(N3CCN(C)CC3)c(F)cc3c(=O)c(/C=N/NC(=O)c4ccncc4)cn1c23. The van der Waals surface area contributed by atoms with Crippen molar-refractivity contribution < 1.29 is 13.9 Å². The Morgan fingerprint density at radius 3 is 2.74 bits per heavy atom. The Morgan fingerprint density at radius 1 is 1.26 bits per heavy atom. The van der Waals surface area contributed by atoms with Gasteiger partial charge in [0.2, 0.25) is 0 Å². The van der Waals surface area contributed by atoms with E-state index in [1.54, 1.807) is 18.3 Å². The van der Waals surface area contributed by atoms with Gasteiger partial charge in [-0.25, -0.2) is 9.82 Å². The van der Waals surface area contributed by atoms with Crippen LogP contribution < -0.4 is 20.5 Å². The lowest BCUT2D eigenvalue weighted by Gasteiger charge is -2.37. The van der Waals surface area contributed by atoms with Crippen LogP contribution in [0.5, 0.6) is 5.75 Å². The van der Waals surface area contributed by atoms with E-state index in [1.807, 2.05) is 23.4 Å². The van der Waals surface area contributed by atoms with Crippen LogP contribution in [0.2, 0.25) is 0 Å². The molecule has 0 saturated carbocycles. The summed E-state index contributed by atoms with van der Waals surface area (Å²) in [7, 11) is 2.04. The van der Waals surface area contributed by atoms with Crippen molar-refractivity contribution in [2.45, 2.75) is 13.0 Å². The van der Waals surface area contributed by atoms with E-state index in [0.717, 1.165) is 13.1 Å². The summed E-state index contributed by atoms with van der Waals surface area (Å²) in [6, 6.07) is 4.34. The van der Waals surface area contributed by atoms with Crippen molar-refractivity contribution in [1.29, 1.82) is 0 Å². The molecule has 4 heterocycles. The normalized spacial score (nSPS) is 18.3. The van der Waals surface area contributed by atoms with Crippen LogP contribution in [-0.2, 0) is 0 Å². The van der Waals surface area contributed by atoms with E-state index in [4.69, 9.17) is 4.74 Å². The summed E-state index contributed by atoms with van der Waals surface area (Å²) >= 11 is 0. The Morgan fingerprint density at radius 2 is 2.00 bits per heavy atom. The number of amides is 1. The number of rotatable bonds is 4. The minimum atomic E-state index is -0.481. The summed E-state index contributed by atoms with van der Waals surface area (Å²) in [4.78, 5) is 33.5. The van der Waals surface area contributed by atoms with Gasteiger partial charge in [0.05, 0.1) is 28.7 Å². The average molecular weight is 465 g/mol. The fourth-order valence-electron chi connectivity index (χ4n) is 4.38. The van der Waals surface area contributed by atoms with Gasteiger partial charge in [-0.1, -0.05) is 0 Å². The van der Waals surface area contributed by atoms with Crippen LogP contribution in [0, 0.1) is 5.82 Å². The highest BCUT2D eigenvalue weighted by Gasteiger charge is 2.30. The predicted octanol–water partition coefficient (Wildman–Crippen LogP) is 2.00. The van der Waals surface area contributed by atoms with Gasteiger partial charge in [-0.05, 0) is 32.2 Å². The van der Waals surface area contributed by atoms with E-state index in [1.165, 1.54) is 24.7 Å². The predicted molar refractivity (Wildman–Crippen MR) is 127 cm³/mol. The number of hydrogen-bond acceptors (Lipinski definition) is 7. The molecule has 1 N–H and O–H groups in total. The van der Waals surface area contributed by atoms with E-state index in [2.05, 4.69) is 20.4 Å². The largest absolute Gasteiger partial charge is 0.487 e. The average Bonchev–Trinajstić information content (AvgIpc) is 2.84. The van der Waals surface area contributed by atoms with E-state index in [0.29, 0.717) is 42.2 Å². The second-order valence-electron chi connectivity index (χ2n) is 8.64. The van der Waals surface area contributed by atoms with Crippen LogP contribution in [0.1, 0.15) is 28.9 Å². The van der Waals surface area contributed by atoms with Crippen molar-refractivity contribution in [2.24, 2.45) is 5.10 Å². The lowest BCUT2D eigenvalue weighted by molar-refractivity contribution is 0.0955. The second-order valence-corrected chi connectivity index (χ2v) is 8.64. The minimum Gasteiger partial charge on any atom is -0.487 e. The zero-order chi connectivity index (χ0) is 23.8. The number of benzene rings is 1. The quantitative estimate of drug-likeness (QED) is 0.469. The summed E-state index contributed by atoms with van der Waals surface area (Å²) in [6.45, 7) is 5.32. The number of nitrogens with one attached hydrogen (secondary N) is 1. The van der Waals surface area contributed by atoms with E-state index >= 15 is 4.39 Å². The molecule has 1 unspecified atom stereocenters. The number of nitrogens with zero attached hydrogens (tertiary/aromatic N) is 5. The van der Waals surface area contributed by atoms with Gasteiger partial charge in [-0.2, -0.15) is 5.10 Å². The van der Waals surface area contributed by atoms with Crippen molar-refractivity contribution in [3.05, 3.63) is 64.0 Å². The highest BCUT2D eigenvalue weighted by molar-refractivity contribution is 5.97. The summed E-state index contributed by atoms with van der Waals surface area (Å²) in [5, 5.41) is 4.17. The summed E-state index contributed by atoms with van der Waals surface area (Å²) in [5.74, 6) is -0.498. The highest BCUT2D eigenvalue weighted by atomic mass is 19.1. The molecule has 1 saturated heterocycles. The Balaban J connectivity index is 1.54. The van der Waals surface area contributed by atoms with Crippen molar-refractivity contribution in [1.82, 2.24) is 19.9 Å². The van der Waals surface area contributed by atoms with Gasteiger partial charge in [-0.15, -0.1) is 0 Å². The van der Waals surface area contributed by atoms with Gasteiger partial charge in [0, 0.05) is 50.3 Å². The van der Waals surface area contributed by atoms with E-state index in [-0.39, 0.29) is 22.4 Å². The molecular weight excluding hydrogens is 439 g/mol. The third kappa shape index (κ3) is 3.90. The number of anilines is 1. The molecular formula is C24H25FN6O3. The Hall–Kier alpha value is -3.79. The smallest absolute Gasteiger partial charge is 0.271 e. The van der Waals surface area contributed by atoms with Crippen LogP contribution in [-0.4, -0.2) is 66.4 Å². The van der Waals surface area contributed by atoms with Crippen LogP contribution in [0.4, 0.5) is 10.1 Å². The standard InChI is InChI=1S/C24H25FN6O3/c1-15-14-34-23-20-18(11-19(25)21(23)30-9-7-29(2)8-10-30)22(32)17(13-31(15)20)12-27-28-24(33)16-3-5-26-6-4-16/h3-6,11-13,15H,7-10,14H2,1-2H3,(H,28,33)/b27-12+. The molecule has 3 aromatic rings. The third-order valence-corrected chi connectivity index (χ3v) is 6.30. The molecule has 0 aliphatic carbocycles. The van der Waals surface area contributed by atoms with Gasteiger partial charge in [0.1, 0.15) is 12.3 Å². The first kappa shape index (κ1) is 22.0. The number of carbonyl (C=O) groups is 1. The molecule has 34 heavy (non-hydrogen) atoms. The maximum Gasteiger partial charge on any atom is 0.271 e. The number of pyridine rings is 2. The Kier molecular flexibility index (Phi) is 5.74. The minimum absolute atomic E-state index is 0.0695. The van der Waals surface area contributed by atoms with E-state index < -0.39 is 11.7 Å². The number of hydrazone groups is 1. The van der Waals surface area contributed by atoms with Crippen LogP contribution in [0.25, 0.3) is 10.9 Å². The molecule has 1 amide bonds. The molecule has 0 bridgehead atoms. The third-order valence-electron chi connectivity index (χ3n) is 6.30. The van der Waals surface area contributed by atoms with Crippen LogP contribution in [0.3, 0.4) is 0 Å². The number of halogens is 1. The first-order valence-corrected chi connectivity index (χ1v) is 11.1. The molecule has 2 aliphatic heterocycles. The molecule has 5 rings (SSSR count). The van der Waals surface area contributed by atoms with Crippen LogP contribution >= 0.6 is 0 Å². The topological polar surface area (TPSA) is 92.1 Å². The highest BCUT2D eigenvalue weighted by Crippen LogP contribution is 2.41. The van der Waals surface area contributed by atoms with Crippen molar-refractivity contribution in [3.8, 4) is 5.75 Å². The summed E-state index contributed by atoms with van der Waals surface area (Å²) in [6.07, 6.45) is 5.99. The Bertz CT molecular complexity index is 1330. The first-order chi connectivity index (χ1) is 16.4. The molecule has 176 valence electrons. The lowest BCUT2D eigenvalue weighted by Crippen LogP contribution is -2.45. The van der Waals surface area contributed by atoms with Crippen molar-refractivity contribution in [2.75, 3.05) is 44.7 Å². The number of hydrogen-bond donors (Lipinski definition) is 1. The fourth-order valence-corrected chi connectivity index (χ4v) is 4.38. The van der Waals surface area contributed by atoms with Gasteiger partial charge in [-0.3, -0.25) is 14.6 Å². The summed E-state index contributed by atoms with van der Waals surface area (Å²) in [5.41, 5.74) is 3.66. The molecule has 1 fully saturated rings. The fraction of sp³-hybridized carbons (Fsp3) is 0.333. The van der Waals surface area contributed by atoms with Gasteiger partial charge in [0.25, 0.3) is 5.91 Å². The molecule has 2 aliphatic rings. The van der Waals surface area contributed by atoms with Gasteiger partial charge >= 0.3 is 0 Å².